The lowest BCUT2D eigenvalue weighted by Gasteiger charge is -2.36. The highest BCUT2D eigenvalue weighted by molar-refractivity contribution is 5.95. The van der Waals surface area contributed by atoms with E-state index in [2.05, 4.69) is 16.0 Å². The number of carbonyl (C=O) groups is 1. The highest BCUT2D eigenvalue weighted by Gasteiger charge is 2.27. The van der Waals surface area contributed by atoms with E-state index >= 15 is 0 Å². The number of hydrogen-bond acceptors (Lipinski definition) is 7. The van der Waals surface area contributed by atoms with Crippen LogP contribution in [0.2, 0.25) is 0 Å². The molecule has 4 rings (SSSR count). The number of anilines is 1. The van der Waals surface area contributed by atoms with E-state index in [0.29, 0.717) is 37.6 Å². The van der Waals surface area contributed by atoms with E-state index in [-0.39, 0.29) is 23.2 Å². The summed E-state index contributed by atoms with van der Waals surface area (Å²) in [5.74, 6) is -0.165. The molecule has 3 aromatic rings. The predicted molar refractivity (Wildman–Crippen MR) is 109 cm³/mol. The van der Waals surface area contributed by atoms with Crippen LogP contribution in [0.3, 0.4) is 0 Å². The van der Waals surface area contributed by atoms with Crippen molar-refractivity contribution >= 4 is 22.5 Å². The molecule has 0 aliphatic carbocycles. The molecule has 1 aliphatic rings. The molecule has 3 N–H and O–H groups in total. The zero-order valence-electron chi connectivity index (χ0n) is 16.1. The van der Waals surface area contributed by atoms with Crippen LogP contribution in [0.25, 0.3) is 10.9 Å². The number of nitrogens with zero attached hydrogens (tertiary/aromatic N) is 6. The molecule has 0 bridgehead atoms. The second kappa shape index (κ2) is 8.08. The molecule has 0 saturated carbocycles. The molecule has 0 unspecified atom stereocenters. The first-order valence-electron chi connectivity index (χ1n) is 8.94. The van der Waals surface area contributed by atoms with Crippen LogP contribution < -0.4 is 16.6 Å². The number of piperazine rings is 1. The van der Waals surface area contributed by atoms with Crippen LogP contribution in [-0.2, 0) is 7.05 Å². The number of aryl methyl sites for hydroxylation is 1. The number of nitriles is 1. The summed E-state index contributed by atoms with van der Waals surface area (Å²) in [4.78, 5) is 37.0. The first-order chi connectivity index (χ1) is 13.6. The Labute approximate surface area is 167 Å². The summed E-state index contributed by atoms with van der Waals surface area (Å²) in [5.41, 5.74) is 1.56. The number of pyridine rings is 1. The van der Waals surface area contributed by atoms with E-state index in [4.69, 9.17) is 0 Å². The summed E-state index contributed by atoms with van der Waals surface area (Å²) >= 11 is 0. The zero-order valence-corrected chi connectivity index (χ0v) is 16.1. The Morgan fingerprint density at radius 3 is 2.52 bits per heavy atom. The molecule has 148 valence electrons. The smallest absolute Gasteiger partial charge is 0.274 e. The fourth-order valence-corrected chi connectivity index (χ4v) is 3.61. The summed E-state index contributed by atoms with van der Waals surface area (Å²) in [6.45, 7) is 2.00. The minimum absolute atomic E-state index is 0. The molecule has 1 aromatic carbocycles. The number of benzene rings is 1. The van der Waals surface area contributed by atoms with Gasteiger partial charge in [-0.2, -0.15) is 5.26 Å². The molecule has 0 spiro atoms. The monoisotopic (exact) mass is 391 g/mol. The number of aromatic nitrogens is 3. The van der Waals surface area contributed by atoms with E-state index in [9.17, 15) is 14.9 Å². The molecule has 1 aliphatic heterocycles. The SMILES string of the molecule is Cn1c(=O)c(C#N)c(N2CCN(C(=O)c3cnccn3)CC2)c2ccccc21.N. The minimum Gasteiger partial charge on any atom is -0.366 e. The van der Waals surface area contributed by atoms with E-state index in [1.165, 1.54) is 23.2 Å². The molecular weight excluding hydrogens is 370 g/mol. The second-order valence-corrected chi connectivity index (χ2v) is 6.59. The summed E-state index contributed by atoms with van der Waals surface area (Å²) in [6, 6.07) is 9.63. The molecule has 0 atom stereocenters. The fraction of sp³-hybridized carbons (Fsp3) is 0.250. The van der Waals surface area contributed by atoms with E-state index < -0.39 is 0 Å². The van der Waals surface area contributed by atoms with Crippen molar-refractivity contribution in [2.75, 3.05) is 31.1 Å². The molecular formula is C20H21N7O2. The Bertz CT molecular complexity index is 1140. The zero-order chi connectivity index (χ0) is 19.7. The quantitative estimate of drug-likeness (QED) is 0.697. The van der Waals surface area contributed by atoms with Gasteiger partial charge in [0.15, 0.2) is 0 Å². The van der Waals surface area contributed by atoms with Crippen molar-refractivity contribution in [3.05, 3.63) is 64.5 Å². The minimum atomic E-state index is -0.311. The maximum Gasteiger partial charge on any atom is 0.274 e. The number of amides is 1. The predicted octanol–water partition coefficient (Wildman–Crippen LogP) is 1.32. The highest BCUT2D eigenvalue weighted by atomic mass is 16.2. The molecule has 9 nitrogen and oxygen atoms in total. The van der Waals surface area contributed by atoms with Crippen molar-refractivity contribution in [3.63, 3.8) is 0 Å². The lowest BCUT2D eigenvalue weighted by atomic mass is 10.1. The summed E-state index contributed by atoms with van der Waals surface area (Å²) in [7, 11) is 1.67. The topological polar surface area (TPSA) is 130 Å². The van der Waals surface area contributed by atoms with Gasteiger partial charge in [0.2, 0.25) is 0 Å². The Kier molecular flexibility index (Phi) is 5.57. The molecule has 29 heavy (non-hydrogen) atoms. The fourth-order valence-electron chi connectivity index (χ4n) is 3.61. The van der Waals surface area contributed by atoms with Gasteiger partial charge in [-0.25, -0.2) is 4.98 Å². The van der Waals surface area contributed by atoms with Crippen LogP contribution in [0.5, 0.6) is 0 Å². The van der Waals surface area contributed by atoms with E-state index in [0.717, 1.165) is 10.9 Å². The van der Waals surface area contributed by atoms with Crippen molar-refractivity contribution in [1.82, 2.24) is 25.6 Å². The third-order valence-corrected chi connectivity index (χ3v) is 5.05. The van der Waals surface area contributed by atoms with Gasteiger partial charge in [0, 0.05) is 51.0 Å². The summed E-state index contributed by atoms with van der Waals surface area (Å²) < 4.78 is 1.51. The average Bonchev–Trinajstić information content (AvgIpc) is 2.76. The third-order valence-electron chi connectivity index (χ3n) is 5.05. The van der Waals surface area contributed by atoms with Gasteiger partial charge in [-0.1, -0.05) is 18.2 Å². The normalized spacial score (nSPS) is 13.7. The average molecular weight is 391 g/mol. The maximum atomic E-state index is 12.7. The first kappa shape index (κ1) is 20.0. The van der Waals surface area contributed by atoms with Gasteiger partial charge in [-0.15, -0.1) is 0 Å². The van der Waals surface area contributed by atoms with Gasteiger partial charge < -0.3 is 20.5 Å². The number of para-hydroxylation sites is 1. The molecule has 2 aromatic heterocycles. The van der Waals surface area contributed by atoms with Crippen LogP contribution in [0.4, 0.5) is 5.69 Å². The molecule has 3 heterocycles. The van der Waals surface area contributed by atoms with Gasteiger partial charge in [-0.05, 0) is 6.07 Å². The largest absolute Gasteiger partial charge is 0.366 e. The number of hydrogen-bond donors (Lipinski definition) is 1. The number of rotatable bonds is 2. The van der Waals surface area contributed by atoms with Gasteiger partial charge in [0.25, 0.3) is 11.5 Å². The summed E-state index contributed by atoms with van der Waals surface area (Å²) in [6.07, 6.45) is 4.48. The Balaban J connectivity index is 0.00000240. The standard InChI is InChI=1S/C20H18N6O2.H3N/c1-24-17-5-3-2-4-14(17)18(15(12-21)19(24)27)25-8-10-26(11-9-25)20(28)16-13-22-6-7-23-16;/h2-7,13H,8-11H2,1H3;1H3. The highest BCUT2D eigenvalue weighted by Crippen LogP contribution is 2.29. The van der Waals surface area contributed by atoms with Crippen molar-refractivity contribution in [3.8, 4) is 6.07 Å². The van der Waals surface area contributed by atoms with Crippen LogP contribution >= 0.6 is 0 Å². The van der Waals surface area contributed by atoms with Crippen LogP contribution in [0.15, 0.2) is 47.7 Å². The van der Waals surface area contributed by atoms with Crippen LogP contribution in [-0.4, -0.2) is 51.5 Å². The Hall–Kier alpha value is -3.77. The maximum absolute atomic E-state index is 12.7. The Morgan fingerprint density at radius 2 is 1.86 bits per heavy atom. The van der Waals surface area contributed by atoms with Crippen molar-refractivity contribution in [2.24, 2.45) is 7.05 Å². The Morgan fingerprint density at radius 1 is 1.14 bits per heavy atom. The molecule has 1 saturated heterocycles. The van der Waals surface area contributed by atoms with E-state index in [1.54, 1.807) is 11.9 Å². The van der Waals surface area contributed by atoms with Gasteiger partial charge in [0.05, 0.1) is 17.4 Å². The third kappa shape index (κ3) is 3.41. The lowest BCUT2D eigenvalue weighted by Crippen LogP contribution is -2.49. The van der Waals surface area contributed by atoms with E-state index in [1.807, 2.05) is 29.2 Å². The van der Waals surface area contributed by atoms with Crippen molar-refractivity contribution in [2.45, 2.75) is 0 Å². The summed E-state index contributed by atoms with van der Waals surface area (Å²) in [5, 5.41) is 10.5. The van der Waals surface area contributed by atoms with Crippen LogP contribution in [0.1, 0.15) is 16.1 Å². The van der Waals surface area contributed by atoms with Crippen molar-refractivity contribution < 1.29 is 4.79 Å². The molecule has 1 fully saturated rings. The molecule has 0 radical (unpaired) electrons. The van der Waals surface area contributed by atoms with Crippen molar-refractivity contribution in [1.29, 1.82) is 5.26 Å². The number of fused-ring (bicyclic) bond motifs is 1. The first-order valence-corrected chi connectivity index (χ1v) is 8.94. The second-order valence-electron chi connectivity index (χ2n) is 6.59. The van der Waals surface area contributed by atoms with Crippen LogP contribution in [0, 0.1) is 11.3 Å². The van der Waals surface area contributed by atoms with Gasteiger partial charge in [0.1, 0.15) is 17.3 Å². The lowest BCUT2D eigenvalue weighted by molar-refractivity contribution is 0.0740. The molecule has 9 heteroatoms. The van der Waals surface area contributed by atoms with Gasteiger partial charge >= 0.3 is 0 Å². The number of carbonyl (C=O) groups excluding carboxylic acids is 1. The van der Waals surface area contributed by atoms with Gasteiger partial charge in [-0.3, -0.25) is 14.6 Å². The molecule has 1 amide bonds.